The fourth-order valence-electron chi connectivity index (χ4n) is 3.54. The van der Waals surface area contributed by atoms with Gasteiger partial charge in [0.1, 0.15) is 18.8 Å². The molecule has 0 aromatic heterocycles. The second-order valence-corrected chi connectivity index (χ2v) is 7.24. The highest BCUT2D eigenvalue weighted by Crippen LogP contribution is 2.41. The van der Waals surface area contributed by atoms with Gasteiger partial charge in [-0.2, -0.15) is 0 Å². The molecule has 1 N–H and O–H groups in total. The molecule has 7 heteroatoms. The van der Waals surface area contributed by atoms with Gasteiger partial charge in [0.15, 0.2) is 0 Å². The van der Waals surface area contributed by atoms with E-state index in [-0.39, 0.29) is 13.2 Å². The molecular formula is C22H23NO6. The number of rotatable bonds is 6. The maximum atomic E-state index is 13.1. The maximum Gasteiger partial charge on any atom is 0.347 e. The predicted octanol–water partition coefficient (Wildman–Crippen LogP) is 1.83. The summed E-state index contributed by atoms with van der Waals surface area (Å²) in [7, 11) is 1.29. The highest BCUT2D eigenvalue weighted by molar-refractivity contribution is 6.12. The standard InChI is InChI=1S/C22H23NO6/c1-21(27)13-18(24)23(2)22(21,19(25)28-14-16-9-5-3-6-10-16)20(26)29-15-17-11-7-4-8-12-17/h3-12,27H,13-15H2,1-2H3. The SMILES string of the molecule is CN1C(=O)CC(C)(O)C1(C(=O)OCc1ccccc1)C(=O)OCc1ccccc1. The van der Waals surface area contributed by atoms with Crippen molar-refractivity contribution in [2.45, 2.75) is 37.7 Å². The van der Waals surface area contributed by atoms with Gasteiger partial charge in [-0.3, -0.25) is 4.79 Å². The summed E-state index contributed by atoms with van der Waals surface area (Å²) in [6.07, 6.45) is -0.398. The van der Waals surface area contributed by atoms with Gasteiger partial charge in [0.2, 0.25) is 5.91 Å². The maximum absolute atomic E-state index is 13.1. The normalized spacial score (nSPS) is 20.4. The Morgan fingerprint density at radius 3 is 1.69 bits per heavy atom. The van der Waals surface area contributed by atoms with Crippen molar-refractivity contribution in [3.8, 4) is 0 Å². The molecule has 1 aliphatic rings. The Bertz CT molecular complexity index is 839. The molecule has 1 heterocycles. The van der Waals surface area contributed by atoms with Crippen LogP contribution in [0.5, 0.6) is 0 Å². The molecule has 1 saturated heterocycles. The van der Waals surface area contributed by atoms with E-state index in [1.54, 1.807) is 48.5 Å². The fraction of sp³-hybridized carbons (Fsp3) is 0.318. The molecule has 0 spiro atoms. The summed E-state index contributed by atoms with van der Waals surface area (Å²) in [6.45, 7) is 1.05. The Morgan fingerprint density at radius 2 is 1.34 bits per heavy atom. The average Bonchev–Trinajstić information content (AvgIpc) is 2.90. The van der Waals surface area contributed by atoms with Crippen LogP contribution in [-0.2, 0) is 37.1 Å². The van der Waals surface area contributed by atoms with Crippen LogP contribution in [-0.4, -0.2) is 46.0 Å². The number of ether oxygens (including phenoxy) is 2. The van der Waals surface area contributed by atoms with E-state index in [4.69, 9.17) is 9.47 Å². The quantitative estimate of drug-likeness (QED) is 0.590. The fourth-order valence-corrected chi connectivity index (χ4v) is 3.54. The molecule has 152 valence electrons. The highest BCUT2D eigenvalue weighted by atomic mass is 16.6. The monoisotopic (exact) mass is 397 g/mol. The number of hydrogen-bond acceptors (Lipinski definition) is 6. The van der Waals surface area contributed by atoms with Gasteiger partial charge in [0.25, 0.3) is 5.54 Å². The number of likely N-dealkylation sites (N-methyl/N-ethyl adjacent to an activating group) is 1. The van der Waals surface area contributed by atoms with Gasteiger partial charge in [0, 0.05) is 7.05 Å². The van der Waals surface area contributed by atoms with Crippen molar-refractivity contribution in [2.24, 2.45) is 0 Å². The lowest BCUT2D eigenvalue weighted by molar-refractivity contribution is -0.188. The predicted molar refractivity (Wildman–Crippen MR) is 103 cm³/mol. The van der Waals surface area contributed by atoms with Gasteiger partial charge >= 0.3 is 11.9 Å². The minimum Gasteiger partial charge on any atom is -0.459 e. The third kappa shape index (κ3) is 3.73. The number of carbonyl (C=O) groups excluding carboxylic acids is 3. The minimum absolute atomic E-state index is 0.106. The number of likely N-dealkylation sites (tertiary alicyclic amines) is 1. The Balaban J connectivity index is 1.86. The molecule has 0 saturated carbocycles. The first-order chi connectivity index (χ1) is 13.8. The summed E-state index contributed by atoms with van der Waals surface area (Å²) in [6, 6.07) is 17.8. The summed E-state index contributed by atoms with van der Waals surface area (Å²) < 4.78 is 10.7. The van der Waals surface area contributed by atoms with E-state index in [0.29, 0.717) is 11.1 Å². The Kier molecular flexibility index (Phi) is 5.70. The van der Waals surface area contributed by atoms with E-state index in [0.717, 1.165) is 4.90 Å². The van der Waals surface area contributed by atoms with Crippen LogP contribution in [0, 0.1) is 0 Å². The molecule has 29 heavy (non-hydrogen) atoms. The first-order valence-electron chi connectivity index (χ1n) is 9.20. The molecule has 1 unspecified atom stereocenters. The third-order valence-electron chi connectivity index (χ3n) is 5.17. The van der Waals surface area contributed by atoms with Crippen molar-refractivity contribution in [1.82, 2.24) is 4.90 Å². The summed E-state index contributed by atoms with van der Waals surface area (Å²) >= 11 is 0. The number of amides is 1. The van der Waals surface area contributed by atoms with Gasteiger partial charge in [0.05, 0.1) is 6.42 Å². The van der Waals surface area contributed by atoms with Gasteiger partial charge in [-0.15, -0.1) is 0 Å². The molecule has 0 radical (unpaired) electrons. The highest BCUT2D eigenvalue weighted by Gasteiger charge is 2.70. The molecule has 1 amide bonds. The van der Waals surface area contributed by atoms with Crippen LogP contribution in [0.1, 0.15) is 24.5 Å². The molecule has 2 aromatic rings. The zero-order valence-electron chi connectivity index (χ0n) is 16.3. The first-order valence-corrected chi connectivity index (χ1v) is 9.20. The van der Waals surface area contributed by atoms with Gasteiger partial charge in [-0.05, 0) is 18.1 Å². The smallest absolute Gasteiger partial charge is 0.347 e. The number of aliphatic hydroxyl groups is 1. The average molecular weight is 397 g/mol. The van der Waals surface area contributed by atoms with Crippen LogP contribution in [0.2, 0.25) is 0 Å². The second kappa shape index (κ2) is 8.05. The molecule has 7 nitrogen and oxygen atoms in total. The molecule has 1 atom stereocenters. The molecule has 0 bridgehead atoms. The Hall–Kier alpha value is -3.19. The van der Waals surface area contributed by atoms with Crippen LogP contribution in [0.3, 0.4) is 0 Å². The number of esters is 2. The van der Waals surface area contributed by atoms with Crippen LogP contribution in [0.25, 0.3) is 0 Å². The van der Waals surface area contributed by atoms with Crippen molar-refractivity contribution in [3.05, 3.63) is 71.8 Å². The third-order valence-corrected chi connectivity index (χ3v) is 5.17. The van der Waals surface area contributed by atoms with Gasteiger partial charge in [-0.1, -0.05) is 60.7 Å². The first kappa shape index (κ1) is 20.5. The van der Waals surface area contributed by atoms with Crippen molar-refractivity contribution in [2.75, 3.05) is 7.05 Å². The summed E-state index contributed by atoms with van der Waals surface area (Å²) in [4.78, 5) is 39.4. The molecule has 3 rings (SSSR count). The molecule has 1 aliphatic heterocycles. The van der Waals surface area contributed by atoms with Gasteiger partial charge < -0.3 is 19.5 Å². The lowest BCUT2D eigenvalue weighted by atomic mass is 9.81. The second-order valence-electron chi connectivity index (χ2n) is 7.24. The number of hydrogen-bond donors (Lipinski definition) is 1. The summed E-state index contributed by atoms with van der Waals surface area (Å²) in [5, 5.41) is 10.9. The molecule has 0 aliphatic carbocycles. The van der Waals surface area contributed by atoms with E-state index in [1.165, 1.54) is 14.0 Å². The summed E-state index contributed by atoms with van der Waals surface area (Å²) in [5.74, 6) is -2.61. The molecule has 1 fully saturated rings. The minimum atomic E-state index is -2.28. The van der Waals surface area contributed by atoms with E-state index >= 15 is 0 Å². The lowest BCUT2D eigenvalue weighted by Gasteiger charge is -2.38. The van der Waals surface area contributed by atoms with Crippen molar-refractivity contribution >= 4 is 17.8 Å². The van der Waals surface area contributed by atoms with E-state index in [9.17, 15) is 19.5 Å². The lowest BCUT2D eigenvalue weighted by Crippen LogP contribution is -2.67. The zero-order chi connectivity index (χ0) is 21.1. The topological polar surface area (TPSA) is 93.1 Å². The molecular weight excluding hydrogens is 374 g/mol. The van der Waals surface area contributed by atoms with Crippen LogP contribution >= 0.6 is 0 Å². The van der Waals surface area contributed by atoms with E-state index in [1.807, 2.05) is 12.1 Å². The van der Waals surface area contributed by atoms with E-state index in [2.05, 4.69) is 0 Å². The molecule has 2 aromatic carbocycles. The van der Waals surface area contributed by atoms with Crippen LogP contribution in [0.15, 0.2) is 60.7 Å². The van der Waals surface area contributed by atoms with Crippen LogP contribution in [0.4, 0.5) is 0 Å². The van der Waals surface area contributed by atoms with E-state index < -0.39 is 35.4 Å². The summed E-state index contributed by atoms with van der Waals surface area (Å²) in [5.41, 5.74) is -2.85. The van der Waals surface area contributed by atoms with Crippen molar-refractivity contribution in [1.29, 1.82) is 0 Å². The van der Waals surface area contributed by atoms with Gasteiger partial charge in [-0.25, -0.2) is 9.59 Å². The van der Waals surface area contributed by atoms with Crippen LogP contribution < -0.4 is 0 Å². The Labute approximate surface area is 168 Å². The number of carbonyl (C=O) groups is 3. The zero-order valence-corrected chi connectivity index (χ0v) is 16.3. The number of nitrogens with zero attached hydrogens (tertiary/aromatic N) is 1. The largest absolute Gasteiger partial charge is 0.459 e. The van der Waals surface area contributed by atoms with Crippen molar-refractivity contribution < 1.29 is 29.0 Å². The Morgan fingerprint density at radius 1 is 0.931 bits per heavy atom. The number of benzene rings is 2. The van der Waals surface area contributed by atoms with Crippen molar-refractivity contribution in [3.63, 3.8) is 0 Å².